The van der Waals surface area contributed by atoms with E-state index in [4.69, 9.17) is 4.98 Å². The first-order chi connectivity index (χ1) is 8.90. The van der Waals surface area contributed by atoms with Crippen molar-refractivity contribution < 1.29 is 5.11 Å². The molecule has 2 aromatic rings. The van der Waals surface area contributed by atoms with Crippen molar-refractivity contribution in [3.05, 3.63) is 30.1 Å². The fourth-order valence-corrected chi connectivity index (χ4v) is 2.77. The van der Waals surface area contributed by atoms with Crippen LogP contribution in [0.15, 0.2) is 24.3 Å². The standard InChI is InChI=1S/C14H19N3O/c18-10-9-17-13-7-2-1-5-11(13)16-14(17)12-6-3-4-8-15-12/h1-2,5,7,12,15,18H,3-4,6,8-10H2. The molecule has 1 aromatic carbocycles. The molecular formula is C14H19N3O. The van der Waals surface area contributed by atoms with Crippen LogP contribution in [0.5, 0.6) is 0 Å². The molecule has 2 heterocycles. The van der Waals surface area contributed by atoms with Gasteiger partial charge in [-0.1, -0.05) is 18.6 Å². The van der Waals surface area contributed by atoms with Crippen LogP contribution in [0.2, 0.25) is 0 Å². The topological polar surface area (TPSA) is 50.1 Å². The summed E-state index contributed by atoms with van der Waals surface area (Å²) in [6.45, 7) is 1.83. The predicted molar refractivity (Wildman–Crippen MR) is 71.4 cm³/mol. The zero-order chi connectivity index (χ0) is 12.4. The third kappa shape index (κ3) is 2.02. The van der Waals surface area contributed by atoms with Crippen molar-refractivity contribution in [3.63, 3.8) is 0 Å². The molecule has 1 unspecified atom stereocenters. The third-order valence-corrected chi connectivity index (χ3v) is 3.63. The molecule has 1 fully saturated rings. The Morgan fingerprint density at radius 1 is 1.33 bits per heavy atom. The zero-order valence-electron chi connectivity index (χ0n) is 10.5. The van der Waals surface area contributed by atoms with Gasteiger partial charge in [-0.3, -0.25) is 0 Å². The first-order valence-electron chi connectivity index (χ1n) is 6.69. The second-order valence-corrected chi connectivity index (χ2v) is 4.84. The fraction of sp³-hybridized carbons (Fsp3) is 0.500. The minimum absolute atomic E-state index is 0.153. The Morgan fingerprint density at radius 3 is 3.00 bits per heavy atom. The molecule has 18 heavy (non-hydrogen) atoms. The number of aromatic nitrogens is 2. The largest absolute Gasteiger partial charge is 0.395 e. The van der Waals surface area contributed by atoms with E-state index in [-0.39, 0.29) is 6.61 Å². The normalized spacial score (nSPS) is 20.4. The van der Waals surface area contributed by atoms with E-state index >= 15 is 0 Å². The molecular weight excluding hydrogens is 226 g/mol. The van der Waals surface area contributed by atoms with Crippen molar-refractivity contribution in [3.8, 4) is 0 Å². The van der Waals surface area contributed by atoms with Gasteiger partial charge >= 0.3 is 0 Å². The Hall–Kier alpha value is -1.39. The maximum atomic E-state index is 9.25. The van der Waals surface area contributed by atoms with E-state index in [1.54, 1.807) is 0 Å². The summed E-state index contributed by atoms with van der Waals surface area (Å²) in [6.07, 6.45) is 3.63. The van der Waals surface area contributed by atoms with Gasteiger partial charge < -0.3 is 15.0 Å². The molecule has 4 nitrogen and oxygen atoms in total. The van der Waals surface area contributed by atoms with Gasteiger partial charge in [0.1, 0.15) is 5.82 Å². The molecule has 2 N–H and O–H groups in total. The lowest BCUT2D eigenvalue weighted by molar-refractivity contribution is 0.272. The number of aliphatic hydroxyl groups is 1. The second kappa shape index (κ2) is 5.08. The highest BCUT2D eigenvalue weighted by atomic mass is 16.3. The highest BCUT2D eigenvalue weighted by molar-refractivity contribution is 5.76. The van der Waals surface area contributed by atoms with Crippen molar-refractivity contribution in [2.24, 2.45) is 0 Å². The first kappa shape index (κ1) is 11.7. The van der Waals surface area contributed by atoms with Gasteiger partial charge in [-0.15, -0.1) is 0 Å². The third-order valence-electron chi connectivity index (χ3n) is 3.63. The van der Waals surface area contributed by atoms with E-state index in [0.29, 0.717) is 12.6 Å². The molecule has 1 aliphatic heterocycles. The number of hydrogen-bond donors (Lipinski definition) is 2. The Kier molecular flexibility index (Phi) is 3.30. The molecule has 1 saturated heterocycles. The summed E-state index contributed by atoms with van der Waals surface area (Å²) in [5, 5.41) is 12.8. The number of nitrogens with one attached hydrogen (secondary N) is 1. The van der Waals surface area contributed by atoms with E-state index < -0.39 is 0 Å². The zero-order valence-corrected chi connectivity index (χ0v) is 10.5. The minimum atomic E-state index is 0.153. The van der Waals surface area contributed by atoms with Crippen molar-refractivity contribution in [1.82, 2.24) is 14.9 Å². The number of para-hydroxylation sites is 2. The van der Waals surface area contributed by atoms with Crippen LogP contribution in [-0.2, 0) is 6.54 Å². The van der Waals surface area contributed by atoms with Crippen LogP contribution in [0.4, 0.5) is 0 Å². The quantitative estimate of drug-likeness (QED) is 0.867. The van der Waals surface area contributed by atoms with Crippen LogP contribution in [-0.4, -0.2) is 27.8 Å². The van der Waals surface area contributed by atoms with E-state index in [2.05, 4.69) is 16.0 Å². The van der Waals surface area contributed by atoms with Gasteiger partial charge in [0.2, 0.25) is 0 Å². The number of piperidine rings is 1. The molecule has 1 atom stereocenters. The van der Waals surface area contributed by atoms with Crippen molar-refractivity contribution in [2.45, 2.75) is 31.8 Å². The highest BCUT2D eigenvalue weighted by Gasteiger charge is 2.21. The maximum Gasteiger partial charge on any atom is 0.127 e. The van der Waals surface area contributed by atoms with Crippen LogP contribution >= 0.6 is 0 Å². The van der Waals surface area contributed by atoms with Gasteiger partial charge in [-0.25, -0.2) is 4.98 Å². The maximum absolute atomic E-state index is 9.25. The number of aliphatic hydroxyl groups excluding tert-OH is 1. The van der Waals surface area contributed by atoms with Crippen LogP contribution in [0, 0.1) is 0 Å². The summed E-state index contributed by atoms with van der Waals surface area (Å²) < 4.78 is 2.15. The number of rotatable bonds is 3. The Bertz CT molecular complexity index is 529. The summed E-state index contributed by atoms with van der Waals surface area (Å²) in [5.41, 5.74) is 2.14. The molecule has 0 radical (unpaired) electrons. The summed E-state index contributed by atoms with van der Waals surface area (Å²) in [5.74, 6) is 1.07. The van der Waals surface area contributed by atoms with E-state index in [1.807, 2.05) is 18.2 Å². The second-order valence-electron chi connectivity index (χ2n) is 4.84. The Balaban J connectivity index is 2.05. The van der Waals surface area contributed by atoms with Crippen LogP contribution < -0.4 is 5.32 Å². The molecule has 4 heteroatoms. The van der Waals surface area contributed by atoms with Crippen molar-refractivity contribution >= 4 is 11.0 Å². The molecule has 3 rings (SSSR count). The van der Waals surface area contributed by atoms with Gasteiger partial charge in [0.05, 0.1) is 23.7 Å². The van der Waals surface area contributed by atoms with Crippen LogP contribution in [0.25, 0.3) is 11.0 Å². The highest BCUT2D eigenvalue weighted by Crippen LogP contribution is 2.26. The lowest BCUT2D eigenvalue weighted by Crippen LogP contribution is -2.29. The van der Waals surface area contributed by atoms with Crippen LogP contribution in [0.1, 0.15) is 31.1 Å². The Morgan fingerprint density at radius 2 is 2.22 bits per heavy atom. The molecule has 96 valence electrons. The molecule has 0 aliphatic carbocycles. The predicted octanol–water partition coefficient (Wildman–Crippen LogP) is 1.84. The van der Waals surface area contributed by atoms with E-state index in [1.165, 1.54) is 12.8 Å². The van der Waals surface area contributed by atoms with E-state index in [0.717, 1.165) is 29.8 Å². The molecule has 1 aromatic heterocycles. The number of fused-ring (bicyclic) bond motifs is 1. The number of imidazole rings is 1. The average molecular weight is 245 g/mol. The number of benzene rings is 1. The van der Waals surface area contributed by atoms with Gasteiger partial charge in [0.15, 0.2) is 0 Å². The Labute approximate surface area is 107 Å². The van der Waals surface area contributed by atoms with Gasteiger partial charge in [0.25, 0.3) is 0 Å². The monoisotopic (exact) mass is 245 g/mol. The first-order valence-corrected chi connectivity index (χ1v) is 6.69. The average Bonchev–Trinajstić information content (AvgIpc) is 2.80. The molecule has 1 aliphatic rings. The molecule has 0 amide bonds. The van der Waals surface area contributed by atoms with Crippen LogP contribution in [0.3, 0.4) is 0 Å². The molecule has 0 saturated carbocycles. The summed E-state index contributed by atoms with van der Waals surface area (Å²) in [4.78, 5) is 4.74. The summed E-state index contributed by atoms with van der Waals surface area (Å²) in [6, 6.07) is 8.48. The van der Waals surface area contributed by atoms with E-state index in [9.17, 15) is 5.11 Å². The van der Waals surface area contributed by atoms with Gasteiger partial charge in [-0.05, 0) is 31.5 Å². The minimum Gasteiger partial charge on any atom is -0.395 e. The van der Waals surface area contributed by atoms with Crippen molar-refractivity contribution in [1.29, 1.82) is 0 Å². The lowest BCUT2D eigenvalue weighted by atomic mass is 10.0. The SMILES string of the molecule is OCCn1c(C2CCCCN2)nc2ccccc21. The molecule has 0 spiro atoms. The summed E-state index contributed by atoms with van der Waals surface area (Å²) in [7, 11) is 0. The van der Waals surface area contributed by atoms with Crippen molar-refractivity contribution in [2.75, 3.05) is 13.2 Å². The smallest absolute Gasteiger partial charge is 0.127 e. The fourth-order valence-electron chi connectivity index (χ4n) is 2.77. The molecule has 0 bridgehead atoms. The number of nitrogens with zero attached hydrogens (tertiary/aromatic N) is 2. The lowest BCUT2D eigenvalue weighted by Gasteiger charge is -2.23. The van der Waals surface area contributed by atoms with Gasteiger partial charge in [-0.2, -0.15) is 0 Å². The van der Waals surface area contributed by atoms with Gasteiger partial charge in [0, 0.05) is 6.54 Å². The number of hydrogen-bond acceptors (Lipinski definition) is 3. The summed E-state index contributed by atoms with van der Waals surface area (Å²) >= 11 is 0.